The van der Waals surface area contributed by atoms with Crippen molar-refractivity contribution in [2.45, 2.75) is 26.7 Å². The monoisotopic (exact) mass is 430 g/mol. The van der Waals surface area contributed by atoms with Crippen LogP contribution in [0, 0.1) is 5.41 Å². The number of nitrogens with one attached hydrogen (secondary N) is 1. The molecule has 0 fully saturated rings. The molecule has 158 valence electrons. The second-order valence-electron chi connectivity index (χ2n) is 8.01. The maximum atomic E-state index is 13.5. The highest BCUT2D eigenvalue weighted by Gasteiger charge is 2.39. The van der Waals surface area contributed by atoms with Gasteiger partial charge in [0.1, 0.15) is 5.75 Å². The van der Waals surface area contributed by atoms with Crippen LogP contribution in [0.5, 0.6) is 5.75 Å². The Morgan fingerprint density at radius 1 is 1.00 bits per heavy atom. The average molecular weight is 431 g/mol. The molecular weight excluding hydrogens is 404 g/mol. The Bertz CT molecular complexity index is 1130. The van der Waals surface area contributed by atoms with Gasteiger partial charge < -0.3 is 10.1 Å². The van der Waals surface area contributed by atoms with E-state index >= 15 is 0 Å². The molecule has 0 bridgehead atoms. The van der Waals surface area contributed by atoms with Gasteiger partial charge in [-0.2, -0.15) is 0 Å². The van der Waals surface area contributed by atoms with Gasteiger partial charge in [-0.15, -0.1) is 0 Å². The molecule has 1 N–H and O–H groups in total. The molecule has 0 aliphatic rings. The van der Waals surface area contributed by atoms with Gasteiger partial charge >= 0.3 is 0 Å². The number of rotatable bonds is 7. The van der Waals surface area contributed by atoms with Crippen molar-refractivity contribution in [2.24, 2.45) is 5.41 Å². The van der Waals surface area contributed by atoms with Crippen molar-refractivity contribution in [3.8, 4) is 5.75 Å². The van der Waals surface area contributed by atoms with Crippen LogP contribution < -0.4 is 10.1 Å². The summed E-state index contributed by atoms with van der Waals surface area (Å²) in [6.07, 6.45) is 0. The van der Waals surface area contributed by atoms with Gasteiger partial charge in [0.25, 0.3) is 0 Å². The van der Waals surface area contributed by atoms with Gasteiger partial charge in [0.2, 0.25) is 5.91 Å². The Hall–Kier alpha value is -3.18. The van der Waals surface area contributed by atoms with Crippen molar-refractivity contribution < 1.29 is 9.53 Å². The van der Waals surface area contributed by atoms with Crippen LogP contribution in [0.15, 0.2) is 78.9 Å². The predicted octanol–water partition coefficient (Wildman–Crippen LogP) is 6.49. The summed E-state index contributed by atoms with van der Waals surface area (Å²) in [5.74, 6) is 0.660. The van der Waals surface area contributed by atoms with Crippen molar-refractivity contribution in [1.82, 2.24) is 4.98 Å². The highest BCUT2D eigenvalue weighted by molar-refractivity contribution is 7.22. The molecule has 0 radical (unpaired) electrons. The molecule has 4 aromatic rings. The molecule has 0 aliphatic heterocycles. The normalized spacial score (nSPS) is 11.6. The minimum absolute atomic E-state index is 0.0608. The minimum atomic E-state index is -0.697. The summed E-state index contributed by atoms with van der Waals surface area (Å²) in [6, 6.07) is 26.2. The topological polar surface area (TPSA) is 51.2 Å². The molecule has 4 rings (SSSR count). The van der Waals surface area contributed by atoms with Crippen LogP contribution in [0.2, 0.25) is 0 Å². The van der Waals surface area contributed by atoms with Gasteiger partial charge in [-0.1, -0.05) is 85.8 Å². The first-order valence-electron chi connectivity index (χ1n) is 10.4. The van der Waals surface area contributed by atoms with Gasteiger partial charge in [0.05, 0.1) is 22.2 Å². The van der Waals surface area contributed by atoms with Gasteiger partial charge in [-0.25, -0.2) is 4.98 Å². The fraction of sp³-hybridized carbons (Fsp3) is 0.231. The van der Waals surface area contributed by atoms with Crippen LogP contribution in [-0.4, -0.2) is 17.5 Å². The van der Waals surface area contributed by atoms with E-state index in [2.05, 4.69) is 34.6 Å². The van der Waals surface area contributed by atoms with E-state index in [1.165, 1.54) is 11.3 Å². The number of carbonyl (C=O) groups is 1. The zero-order valence-electron chi connectivity index (χ0n) is 18.0. The second kappa shape index (κ2) is 8.90. The summed E-state index contributed by atoms with van der Waals surface area (Å²) >= 11 is 1.46. The molecule has 1 aromatic heterocycles. The molecule has 0 saturated carbocycles. The highest BCUT2D eigenvalue weighted by Crippen LogP contribution is 2.42. The van der Waals surface area contributed by atoms with E-state index in [4.69, 9.17) is 4.74 Å². The first-order valence-corrected chi connectivity index (χ1v) is 11.3. The number of benzene rings is 3. The number of hydrogen-bond donors (Lipinski definition) is 1. The van der Waals surface area contributed by atoms with Gasteiger partial charge in [-0.3, -0.25) is 4.79 Å². The fourth-order valence-electron chi connectivity index (χ4n) is 3.92. The zero-order valence-corrected chi connectivity index (χ0v) is 18.8. The summed E-state index contributed by atoms with van der Waals surface area (Å²) in [5.41, 5.74) is 2.38. The Morgan fingerprint density at radius 3 is 2.19 bits per heavy atom. The van der Waals surface area contributed by atoms with Crippen molar-refractivity contribution in [3.05, 3.63) is 90.0 Å². The maximum absolute atomic E-state index is 13.5. The summed E-state index contributed by atoms with van der Waals surface area (Å²) in [6.45, 7) is 6.56. The molecule has 3 aromatic carbocycles. The lowest BCUT2D eigenvalue weighted by molar-refractivity contribution is -0.124. The van der Waals surface area contributed by atoms with Gasteiger partial charge in [0, 0.05) is 5.92 Å². The van der Waals surface area contributed by atoms with Crippen LogP contribution in [0.1, 0.15) is 37.8 Å². The van der Waals surface area contributed by atoms with E-state index in [9.17, 15) is 4.79 Å². The van der Waals surface area contributed by atoms with E-state index < -0.39 is 5.41 Å². The zero-order chi connectivity index (χ0) is 21.8. The molecule has 5 heteroatoms. The Morgan fingerprint density at radius 2 is 1.61 bits per heavy atom. The van der Waals surface area contributed by atoms with Crippen molar-refractivity contribution in [1.29, 1.82) is 0 Å². The van der Waals surface area contributed by atoms with Crippen LogP contribution in [0.4, 0.5) is 5.13 Å². The second-order valence-corrected chi connectivity index (χ2v) is 9.04. The third-order valence-electron chi connectivity index (χ3n) is 5.46. The standard InChI is InChI=1S/C26H26N2O2S/c1-4-30-20-15-16-21-22(17-20)31-25(27-21)28-24(29)26(2,3)23(18-11-7-5-8-12-18)19-13-9-6-10-14-19/h5-17,23H,4H2,1-3H3,(H,27,28,29). The SMILES string of the molecule is CCOc1ccc2nc(NC(=O)C(C)(C)C(c3ccccc3)c3ccccc3)sc2c1. The number of fused-ring (bicyclic) bond motifs is 1. The number of nitrogens with zero attached hydrogens (tertiary/aromatic N) is 1. The number of aromatic nitrogens is 1. The highest BCUT2D eigenvalue weighted by atomic mass is 32.1. The molecular formula is C26H26N2O2S. The number of amides is 1. The Balaban J connectivity index is 1.64. The molecule has 1 heterocycles. The first kappa shape index (κ1) is 21.1. The lowest BCUT2D eigenvalue weighted by Crippen LogP contribution is -2.37. The number of hydrogen-bond acceptors (Lipinski definition) is 4. The summed E-state index contributed by atoms with van der Waals surface area (Å²) in [4.78, 5) is 18.1. The summed E-state index contributed by atoms with van der Waals surface area (Å²) in [5, 5.41) is 3.67. The number of ether oxygens (including phenoxy) is 1. The van der Waals surface area contributed by atoms with Crippen LogP contribution in [-0.2, 0) is 4.79 Å². The van der Waals surface area contributed by atoms with Crippen molar-refractivity contribution in [2.75, 3.05) is 11.9 Å². The van der Waals surface area contributed by atoms with Crippen molar-refractivity contribution in [3.63, 3.8) is 0 Å². The minimum Gasteiger partial charge on any atom is -0.494 e. The molecule has 31 heavy (non-hydrogen) atoms. The van der Waals surface area contributed by atoms with E-state index in [1.54, 1.807) is 0 Å². The first-order chi connectivity index (χ1) is 15.0. The Kier molecular flexibility index (Phi) is 6.05. The number of thiazole rings is 1. The summed E-state index contributed by atoms with van der Waals surface area (Å²) in [7, 11) is 0. The molecule has 0 unspecified atom stereocenters. The molecule has 0 aliphatic carbocycles. The van der Waals surface area contributed by atoms with Crippen LogP contribution in [0.25, 0.3) is 10.2 Å². The number of carbonyl (C=O) groups excluding carboxylic acids is 1. The number of anilines is 1. The van der Waals surface area contributed by atoms with Gasteiger partial charge in [-0.05, 0) is 36.2 Å². The molecule has 1 amide bonds. The van der Waals surface area contributed by atoms with Crippen LogP contribution in [0.3, 0.4) is 0 Å². The average Bonchev–Trinajstić information content (AvgIpc) is 3.17. The fourth-order valence-corrected chi connectivity index (χ4v) is 4.81. The van der Waals surface area contributed by atoms with Crippen LogP contribution >= 0.6 is 11.3 Å². The van der Waals surface area contributed by atoms with E-state index in [-0.39, 0.29) is 11.8 Å². The smallest absolute Gasteiger partial charge is 0.232 e. The molecule has 0 spiro atoms. The Labute approximate surface area is 186 Å². The van der Waals surface area contributed by atoms with Gasteiger partial charge in [0.15, 0.2) is 5.13 Å². The van der Waals surface area contributed by atoms with E-state index in [0.29, 0.717) is 11.7 Å². The van der Waals surface area contributed by atoms with E-state index in [1.807, 2.05) is 75.4 Å². The third-order valence-corrected chi connectivity index (χ3v) is 6.40. The largest absolute Gasteiger partial charge is 0.494 e. The molecule has 0 saturated heterocycles. The van der Waals surface area contributed by atoms with Crippen molar-refractivity contribution >= 4 is 32.6 Å². The third kappa shape index (κ3) is 4.47. The van der Waals surface area contributed by atoms with E-state index in [0.717, 1.165) is 27.1 Å². The maximum Gasteiger partial charge on any atom is 0.232 e. The lowest BCUT2D eigenvalue weighted by atomic mass is 9.70. The predicted molar refractivity (Wildman–Crippen MR) is 128 cm³/mol. The lowest BCUT2D eigenvalue weighted by Gasteiger charge is -2.33. The quantitative estimate of drug-likeness (QED) is 0.364. The molecule has 4 nitrogen and oxygen atoms in total. The summed E-state index contributed by atoms with van der Waals surface area (Å²) < 4.78 is 6.57. The molecule has 0 atom stereocenters.